The first kappa shape index (κ1) is 19.4. The normalized spacial score (nSPS) is 18.8. The van der Waals surface area contributed by atoms with E-state index in [4.69, 9.17) is 0 Å². The lowest BCUT2D eigenvalue weighted by Crippen LogP contribution is -2.14. The van der Waals surface area contributed by atoms with Gasteiger partial charge in [0, 0.05) is 5.92 Å². The molecule has 1 aliphatic carbocycles. The predicted molar refractivity (Wildman–Crippen MR) is 115 cm³/mol. The molecule has 0 bridgehead atoms. The van der Waals surface area contributed by atoms with E-state index in [2.05, 4.69) is 52.8 Å². The average molecular weight is 359 g/mol. The van der Waals surface area contributed by atoms with Crippen molar-refractivity contribution in [2.45, 2.75) is 53.9 Å². The zero-order valence-electron chi connectivity index (χ0n) is 17.2. The summed E-state index contributed by atoms with van der Waals surface area (Å²) in [4.78, 5) is 12.9. The van der Waals surface area contributed by atoms with Crippen molar-refractivity contribution in [1.82, 2.24) is 0 Å². The SMILES string of the molecule is Cc1c(C)c(C)c(C[C@H]2CCC(=CC=Cc3ccccc3)C2=O)c(C)c1C. The van der Waals surface area contributed by atoms with Gasteiger partial charge < -0.3 is 0 Å². The Morgan fingerprint density at radius 1 is 0.889 bits per heavy atom. The minimum atomic E-state index is 0.125. The van der Waals surface area contributed by atoms with Gasteiger partial charge in [0.15, 0.2) is 5.78 Å². The van der Waals surface area contributed by atoms with Crippen LogP contribution in [0.4, 0.5) is 0 Å². The predicted octanol–water partition coefficient (Wildman–Crippen LogP) is 6.39. The molecule has 0 unspecified atom stereocenters. The summed E-state index contributed by atoms with van der Waals surface area (Å²) >= 11 is 0. The van der Waals surface area contributed by atoms with Crippen molar-refractivity contribution in [1.29, 1.82) is 0 Å². The summed E-state index contributed by atoms with van der Waals surface area (Å²) < 4.78 is 0. The molecule has 0 heterocycles. The highest BCUT2D eigenvalue weighted by atomic mass is 16.1. The molecule has 1 heteroatoms. The van der Waals surface area contributed by atoms with Crippen LogP contribution in [0.15, 0.2) is 48.1 Å². The van der Waals surface area contributed by atoms with E-state index in [-0.39, 0.29) is 5.92 Å². The third-order valence-electron chi connectivity index (χ3n) is 6.44. The number of Topliss-reactive ketones (excluding diaryl/α,β-unsaturated/α-hetero) is 1. The molecule has 0 spiro atoms. The molecule has 0 amide bonds. The monoisotopic (exact) mass is 358 g/mol. The fourth-order valence-electron chi connectivity index (χ4n) is 4.18. The molecule has 0 radical (unpaired) electrons. The zero-order chi connectivity index (χ0) is 19.6. The Labute approximate surface area is 163 Å². The van der Waals surface area contributed by atoms with Crippen molar-refractivity contribution in [2.24, 2.45) is 5.92 Å². The van der Waals surface area contributed by atoms with Crippen molar-refractivity contribution < 1.29 is 4.79 Å². The van der Waals surface area contributed by atoms with Crippen molar-refractivity contribution in [3.05, 3.63) is 87.0 Å². The quantitative estimate of drug-likeness (QED) is 0.579. The number of benzene rings is 2. The molecule has 1 aliphatic rings. The van der Waals surface area contributed by atoms with E-state index in [1.165, 1.54) is 33.4 Å². The first-order valence-corrected chi connectivity index (χ1v) is 9.92. The Balaban J connectivity index is 1.77. The fourth-order valence-corrected chi connectivity index (χ4v) is 4.18. The van der Waals surface area contributed by atoms with Gasteiger partial charge in [-0.1, -0.05) is 48.6 Å². The summed E-state index contributed by atoms with van der Waals surface area (Å²) in [5.41, 5.74) is 10.4. The molecular formula is C26H30O. The number of hydrogen-bond donors (Lipinski definition) is 0. The Hall–Kier alpha value is -2.41. The summed E-state index contributed by atoms with van der Waals surface area (Å²) in [5, 5.41) is 0. The maximum Gasteiger partial charge on any atom is 0.162 e. The Kier molecular flexibility index (Phi) is 5.79. The van der Waals surface area contributed by atoms with E-state index < -0.39 is 0 Å². The number of ketones is 1. The van der Waals surface area contributed by atoms with Gasteiger partial charge in [0.2, 0.25) is 0 Å². The van der Waals surface area contributed by atoms with Gasteiger partial charge in [-0.2, -0.15) is 0 Å². The number of carbonyl (C=O) groups is 1. The van der Waals surface area contributed by atoms with Crippen LogP contribution < -0.4 is 0 Å². The first-order valence-electron chi connectivity index (χ1n) is 9.92. The maximum absolute atomic E-state index is 12.9. The van der Waals surface area contributed by atoms with Crippen LogP contribution in [0.2, 0.25) is 0 Å². The van der Waals surface area contributed by atoms with Gasteiger partial charge in [0.1, 0.15) is 0 Å². The Morgan fingerprint density at radius 2 is 1.48 bits per heavy atom. The smallest absolute Gasteiger partial charge is 0.162 e. The molecule has 2 aromatic carbocycles. The van der Waals surface area contributed by atoms with E-state index in [0.717, 1.165) is 30.4 Å². The third-order valence-corrected chi connectivity index (χ3v) is 6.44. The van der Waals surface area contributed by atoms with E-state index in [1.54, 1.807) is 0 Å². The standard InChI is InChI=1S/C26H30O/c1-17-18(2)20(4)25(21(5)19(17)3)16-24-15-14-23(26(24)27)13-9-12-22-10-7-6-8-11-22/h6-13,24H,14-16H2,1-5H3/t24-/m1/s1. The van der Waals surface area contributed by atoms with E-state index in [9.17, 15) is 4.79 Å². The van der Waals surface area contributed by atoms with Crippen LogP contribution in [0, 0.1) is 40.5 Å². The second kappa shape index (κ2) is 8.08. The summed E-state index contributed by atoms with van der Waals surface area (Å²) in [5.74, 6) is 0.461. The van der Waals surface area contributed by atoms with Crippen LogP contribution >= 0.6 is 0 Å². The van der Waals surface area contributed by atoms with Gasteiger partial charge in [-0.15, -0.1) is 0 Å². The van der Waals surface area contributed by atoms with Crippen molar-refractivity contribution in [3.8, 4) is 0 Å². The van der Waals surface area contributed by atoms with Crippen LogP contribution in [0.5, 0.6) is 0 Å². The molecular weight excluding hydrogens is 328 g/mol. The highest BCUT2D eigenvalue weighted by molar-refractivity contribution is 5.99. The van der Waals surface area contributed by atoms with Gasteiger partial charge in [-0.05, 0) is 98.4 Å². The third kappa shape index (κ3) is 3.98. The largest absolute Gasteiger partial charge is 0.294 e. The highest BCUT2D eigenvalue weighted by Crippen LogP contribution is 2.34. The Morgan fingerprint density at radius 3 is 2.11 bits per heavy atom. The summed E-state index contributed by atoms with van der Waals surface area (Å²) in [6.45, 7) is 11.0. The molecule has 1 fully saturated rings. The van der Waals surface area contributed by atoms with Gasteiger partial charge in [0.25, 0.3) is 0 Å². The molecule has 0 aliphatic heterocycles. The second-order valence-corrected chi connectivity index (χ2v) is 7.87. The van der Waals surface area contributed by atoms with Crippen LogP contribution in [0.3, 0.4) is 0 Å². The molecule has 140 valence electrons. The molecule has 0 saturated heterocycles. The molecule has 2 aromatic rings. The van der Waals surface area contributed by atoms with E-state index >= 15 is 0 Å². The number of allylic oxidation sites excluding steroid dienone is 3. The maximum atomic E-state index is 12.9. The average Bonchev–Trinajstić information content (AvgIpc) is 3.02. The lowest BCUT2D eigenvalue weighted by Gasteiger charge is -2.20. The van der Waals surface area contributed by atoms with E-state index in [1.807, 2.05) is 30.4 Å². The number of rotatable bonds is 4. The van der Waals surface area contributed by atoms with Crippen LogP contribution in [-0.4, -0.2) is 5.78 Å². The summed E-state index contributed by atoms with van der Waals surface area (Å²) in [6.07, 6.45) is 8.83. The zero-order valence-corrected chi connectivity index (χ0v) is 17.2. The first-order chi connectivity index (χ1) is 12.9. The minimum Gasteiger partial charge on any atom is -0.294 e. The molecule has 1 atom stereocenters. The molecule has 0 N–H and O–H groups in total. The van der Waals surface area contributed by atoms with E-state index in [0.29, 0.717) is 5.78 Å². The number of carbonyl (C=O) groups excluding carboxylic acids is 1. The van der Waals surface area contributed by atoms with Crippen molar-refractivity contribution in [3.63, 3.8) is 0 Å². The topological polar surface area (TPSA) is 17.1 Å². The molecule has 27 heavy (non-hydrogen) atoms. The molecule has 1 saturated carbocycles. The fraction of sp³-hybridized carbons (Fsp3) is 0.346. The minimum absolute atomic E-state index is 0.125. The van der Waals surface area contributed by atoms with Gasteiger partial charge in [0.05, 0.1) is 0 Å². The van der Waals surface area contributed by atoms with Crippen LogP contribution in [-0.2, 0) is 11.2 Å². The Bertz CT molecular complexity index is 884. The summed E-state index contributed by atoms with van der Waals surface area (Å²) in [7, 11) is 0. The van der Waals surface area contributed by atoms with Crippen molar-refractivity contribution in [2.75, 3.05) is 0 Å². The highest BCUT2D eigenvalue weighted by Gasteiger charge is 2.30. The second-order valence-electron chi connectivity index (χ2n) is 7.87. The van der Waals surface area contributed by atoms with Gasteiger partial charge >= 0.3 is 0 Å². The van der Waals surface area contributed by atoms with Crippen LogP contribution in [0.25, 0.3) is 6.08 Å². The summed E-state index contributed by atoms with van der Waals surface area (Å²) in [6, 6.07) is 10.2. The van der Waals surface area contributed by atoms with Gasteiger partial charge in [-0.25, -0.2) is 0 Å². The van der Waals surface area contributed by atoms with Crippen molar-refractivity contribution >= 4 is 11.9 Å². The van der Waals surface area contributed by atoms with Crippen LogP contribution in [0.1, 0.15) is 51.8 Å². The molecule has 3 rings (SSSR count). The number of hydrogen-bond acceptors (Lipinski definition) is 1. The van der Waals surface area contributed by atoms with Gasteiger partial charge in [-0.3, -0.25) is 4.79 Å². The lowest BCUT2D eigenvalue weighted by atomic mass is 9.84. The lowest BCUT2D eigenvalue weighted by molar-refractivity contribution is -0.117. The molecule has 0 aromatic heterocycles. The molecule has 1 nitrogen and oxygen atoms in total.